The molecule has 1 unspecified atom stereocenters. The van der Waals surface area contributed by atoms with E-state index in [1.165, 1.54) is 19.9 Å². The van der Waals surface area contributed by atoms with E-state index in [9.17, 15) is 18.5 Å². The highest BCUT2D eigenvalue weighted by molar-refractivity contribution is 7.89. The topological polar surface area (TPSA) is 110 Å². The molecular formula is C10H13ClN2O5S. The van der Waals surface area contributed by atoms with Gasteiger partial charge in [0.25, 0.3) is 5.69 Å². The third-order valence-electron chi connectivity index (χ3n) is 2.30. The lowest BCUT2D eigenvalue weighted by molar-refractivity contribution is -0.384. The molecule has 0 spiro atoms. The summed E-state index contributed by atoms with van der Waals surface area (Å²) in [6.07, 6.45) is -0.864. The van der Waals surface area contributed by atoms with Crippen molar-refractivity contribution in [3.8, 4) is 0 Å². The van der Waals surface area contributed by atoms with Gasteiger partial charge in [-0.25, -0.2) is 13.1 Å². The molecule has 0 radical (unpaired) electrons. The Hall–Kier alpha value is -1.22. The standard InChI is InChI=1S/C10H13ClN2O5S/c1-6-3-8(11)9(13(15)16)4-10(6)19(17,18)12-5-7(2)14/h3-4,7,12,14H,5H2,1-2H3. The smallest absolute Gasteiger partial charge is 0.289 e. The molecule has 106 valence electrons. The van der Waals surface area contributed by atoms with Crippen molar-refractivity contribution in [1.82, 2.24) is 4.72 Å². The van der Waals surface area contributed by atoms with Gasteiger partial charge in [-0.05, 0) is 25.5 Å². The Morgan fingerprint density at radius 3 is 2.58 bits per heavy atom. The minimum atomic E-state index is -3.93. The number of aliphatic hydroxyl groups excluding tert-OH is 1. The molecule has 7 nitrogen and oxygen atoms in total. The van der Waals surface area contributed by atoms with Crippen LogP contribution in [0.2, 0.25) is 5.02 Å². The molecule has 1 aromatic rings. The van der Waals surface area contributed by atoms with Crippen LogP contribution in [0.3, 0.4) is 0 Å². The Kier molecular flexibility index (Phi) is 4.86. The number of aliphatic hydroxyl groups is 1. The first kappa shape index (κ1) is 15.8. The van der Waals surface area contributed by atoms with Gasteiger partial charge in [-0.1, -0.05) is 11.6 Å². The summed E-state index contributed by atoms with van der Waals surface area (Å²) in [6.45, 7) is 2.71. The van der Waals surface area contributed by atoms with Crippen LogP contribution in [0.25, 0.3) is 0 Å². The second kappa shape index (κ2) is 5.83. The summed E-state index contributed by atoms with van der Waals surface area (Å²) in [5, 5.41) is 19.7. The molecule has 0 saturated heterocycles. The molecule has 0 saturated carbocycles. The van der Waals surface area contributed by atoms with Crippen LogP contribution in [-0.2, 0) is 10.0 Å². The molecule has 1 rings (SSSR count). The van der Waals surface area contributed by atoms with E-state index in [-0.39, 0.29) is 22.0 Å². The molecule has 0 aliphatic heterocycles. The molecule has 0 heterocycles. The van der Waals surface area contributed by atoms with Crippen molar-refractivity contribution in [3.05, 3.63) is 32.8 Å². The van der Waals surface area contributed by atoms with E-state index in [1.807, 2.05) is 0 Å². The first-order valence-electron chi connectivity index (χ1n) is 5.27. The van der Waals surface area contributed by atoms with E-state index >= 15 is 0 Å². The van der Waals surface area contributed by atoms with Crippen LogP contribution in [0, 0.1) is 17.0 Å². The number of rotatable bonds is 5. The summed E-state index contributed by atoms with van der Waals surface area (Å²) in [4.78, 5) is 9.76. The number of hydrogen-bond acceptors (Lipinski definition) is 5. The van der Waals surface area contributed by atoms with E-state index in [0.29, 0.717) is 0 Å². The zero-order valence-corrected chi connectivity index (χ0v) is 11.8. The highest BCUT2D eigenvalue weighted by Gasteiger charge is 2.23. The van der Waals surface area contributed by atoms with Crippen molar-refractivity contribution in [1.29, 1.82) is 0 Å². The molecule has 19 heavy (non-hydrogen) atoms. The molecular weight excluding hydrogens is 296 g/mol. The number of nitro benzene ring substituents is 1. The Balaban J connectivity index is 3.27. The fraction of sp³-hybridized carbons (Fsp3) is 0.400. The number of nitro groups is 1. The molecule has 0 aromatic heterocycles. The molecule has 0 fully saturated rings. The van der Waals surface area contributed by atoms with Gasteiger partial charge >= 0.3 is 0 Å². The maximum absolute atomic E-state index is 12.0. The van der Waals surface area contributed by atoms with Gasteiger partial charge < -0.3 is 5.11 Å². The Morgan fingerprint density at radius 1 is 1.53 bits per heavy atom. The maximum atomic E-state index is 12.0. The van der Waals surface area contributed by atoms with E-state index in [1.54, 1.807) is 0 Å². The molecule has 0 bridgehead atoms. The SMILES string of the molecule is Cc1cc(Cl)c([N+](=O)[O-])cc1S(=O)(=O)NCC(C)O. The predicted octanol–water partition coefficient (Wildman–Crippen LogP) is 1.22. The Bertz CT molecular complexity index is 600. The lowest BCUT2D eigenvalue weighted by atomic mass is 10.2. The molecule has 1 aromatic carbocycles. The van der Waals surface area contributed by atoms with Crippen LogP contribution in [0.4, 0.5) is 5.69 Å². The molecule has 0 aliphatic rings. The van der Waals surface area contributed by atoms with Crippen LogP contribution >= 0.6 is 11.6 Å². The number of aryl methyl sites for hydroxylation is 1. The minimum Gasteiger partial charge on any atom is -0.392 e. The summed E-state index contributed by atoms with van der Waals surface area (Å²) in [6, 6.07) is 2.12. The molecule has 0 amide bonds. The number of nitrogens with zero attached hydrogens (tertiary/aromatic N) is 1. The number of benzene rings is 1. The zero-order valence-electron chi connectivity index (χ0n) is 10.3. The van der Waals surface area contributed by atoms with Gasteiger partial charge in [-0.3, -0.25) is 10.1 Å². The van der Waals surface area contributed by atoms with Crippen LogP contribution in [0.15, 0.2) is 17.0 Å². The van der Waals surface area contributed by atoms with Gasteiger partial charge in [0.2, 0.25) is 10.0 Å². The van der Waals surface area contributed by atoms with Gasteiger partial charge in [0.15, 0.2) is 0 Å². The van der Waals surface area contributed by atoms with Gasteiger partial charge in [-0.2, -0.15) is 0 Å². The largest absolute Gasteiger partial charge is 0.392 e. The number of hydrogen-bond donors (Lipinski definition) is 2. The second-order valence-electron chi connectivity index (χ2n) is 4.03. The third-order valence-corrected chi connectivity index (χ3v) is 4.17. The fourth-order valence-electron chi connectivity index (χ4n) is 1.38. The minimum absolute atomic E-state index is 0.128. The van der Waals surface area contributed by atoms with Gasteiger partial charge in [0.1, 0.15) is 5.02 Å². The van der Waals surface area contributed by atoms with Crippen molar-refractivity contribution in [2.24, 2.45) is 0 Å². The van der Waals surface area contributed by atoms with E-state index in [4.69, 9.17) is 16.7 Å². The first-order chi connectivity index (χ1) is 8.65. The number of nitrogens with one attached hydrogen (secondary N) is 1. The van der Waals surface area contributed by atoms with Gasteiger partial charge in [-0.15, -0.1) is 0 Å². The van der Waals surface area contributed by atoms with Crippen molar-refractivity contribution < 1.29 is 18.4 Å². The van der Waals surface area contributed by atoms with E-state index < -0.39 is 26.7 Å². The molecule has 1 atom stereocenters. The number of sulfonamides is 1. The summed E-state index contributed by atoms with van der Waals surface area (Å²) in [5.41, 5.74) is -0.196. The predicted molar refractivity (Wildman–Crippen MR) is 69.7 cm³/mol. The van der Waals surface area contributed by atoms with E-state index in [0.717, 1.165) is 6.07 Å². The third kappa shape index (κ3) is 3.87. The van der Waals surface area contributed by atoms with Crippen LogP contribution in [-0.4, -0.2) is 31.1 Å². The summed E-state index contributed by atoms with van der Waals surface area (Å²) >= 11 is 5.68. The van der Waals surface area contributed by atoms with Crippen LogP contribution < -0.4 is 4.72 Å². The lowest BCUT2D eigenvalue weighted by Gasteiger charge is -2.11. The average Bonchev–Trinajstić information content (AvgIpc) is 2.25. The lowest BCUT2D eigenvalue weighted by Crippen LogP contribution is -2.31. The monoisotopic (exact) mass is 308 g/mol. The summed E-state index contributed by atoms with van der Waals surface area (Å²) in [5.74, 6) is 0. The van der Waals surface area contributed by atoms with Crippen LogP contribution in [0.1, 0.15) is 12.5 Å². The summed E-state index contributed by atoms with van der Waals surface area (Å²) < 4.78 is 26.1. The average molecular weight is 309 g/mol. The highest BCUT2D eigenvalue weighted by atomic mass is 35.5. The van der Waals surface area contributed by atoms with Crippen molar-refractivity contribution in [2.45, 2.75) is 24.8 Å². The normalized spacial score (nSPS) is 13.3. The fourth-order valence-corrected chi connectivity index (χ4v) is 3.03. The van der Waals surface area contributed by atoms with Crippen molar-refractivity contribution >= 4 is 27.3 Å². The molecule has 0 aliphatic carbocycles. The molecule has 2 N–H and O–H groups in total. The Morgan fingerprint density at radius 2 is 2.11 bits per heavy atom. The zero-order chi connectivity index (χ0) is 14.8. The summed E-state index contributed by atoms with van der Waals surface area (Å²) in [7, 11) is -3.93. The van der Waals surface area contributed by atoms with Crippen molar-refractivity contribution in [2.75, 3.05) is 6.54 Å². The highest BCUT2D eigenvalue weighted by Crippen LogP contribution is 2.29. The van der Waals surface area contributed by atoms with E-state index in [2.05, 4.69) is 4.72 Å². The number of halogens is 1. The van der Waals surface area contributed by atoms with Gasteiger partial charge in [0, 0.05) is 12.6 Å². The first-order valence-corrected chi connectivity index (χ1v) is 7.13. The Labute approximate surface area is 115 Å². The maximum Gasteiger partial charge on any atom is 0.289 e. The van der Waals surface area contributed by atoms with Crippen LogP contribution in [0.5, 0.6) is 0 Å². The quantitative estimate of drug-likeness (QED) is 0.627. The van der Waals surface area contributed by atoms with Crippen molar-refractivity contribution in [3.63, 3.8) is 0 Å². The van der Waals surface area contributed by atoms with Gasteiger partial charge in [0.05, 0.1) is 15.9 Å². The molecule has 9 heteroatoms. The second-order valence-corrected chi connectivity index (χ2v) is 6.17.